The zero-order valence-corrected chi connectivity index (χ0v) is 26.9. The van der Waals surface area contributed by atoms with Gasteiger partial charge in [-0.1, -0.05) is 78.1 Å². The first kappa shape index (κ1) is 34.9. The summed E-state index contributed by atoms with van der Waals surface area (Å²) in [6.45, 7) is 8.24. The smallest absolute Gasteiger partial charge is 0.0654 e. The summed E-state index contributed by atoms with van der Waals surface area (Å²) in [6.07, 6.45) is 32.9. The van der Waals surface area contributed by atoms with Gasteiger partial charge in [0.1, 0.15) is 0 Å². The molecule has 0 saturated carbocycles. The molecule has 0 saturated heterocycles. The fraction of sp³-hybridized carbons (Fsp3) is 0.882. The van der Waals surface area contributed by atoms with E-state index in [1.54, 1.807) is 0 Å². The van der Waals surface area contributed by atoms with Crippen LogP contribution in [0.2, 0.25) is 0 Å². The van der Waals surface area contributed by atoms with Crippen molar-refractivity contribution in [1.82, 2.24) is 0 Å². The quantitative estimate of drug-likeness (QED) is 0.0662. The normalized spacial score (nSPS) is 11.5. The second-order valence-electron chi connectivity index (χ2n) is 11.2. The molecule has 0 aliphatic carbocycles. The molecule has 37 heavy (non-hydrogen) atoms. The molecule has 1 rings (SSSR count). The Kier molecular flexibility index (Phi) is 27.3. The molecule has 1 aromatic heterocycles. The summed E-state index contributed by atoms with van der Waals surface area (Å²) in [7, 11) is 0. The van der Waals surface area contributed by atoms with Gasteiger partial charge < -0.3 is 0 Å². The number of rotatable bonds is 30. The van der Waals surface area contributed by atoms with Gasteiger partial charge in [-0.25, -0.2) is 0 Å². The van der Waals surface area contributed by atoms with E-state index in [0.29, 0.717) is 14.5 Å². The predicted octanol–water partition coefficient (Wildman–Crippen LogP) is 10.5. The van der Waals surface area contributed by atoms with E-state index >= 15 is 0 Å². The van der Waals surface area contributed by atoms with Crippen LogP contribution in [0.15, 0.2) is 9.88 Å². The number of hydrogen-bond acceptors (Lipinski definition) is 2. The SMILES string of the molecule is CCCCCCCCCCCCCOCCc1c[se]cc1CCOCCCCCCCCCCCCC. The minimum atomic E-state index is 0.552. The van der Waals surface area contributed by atoms with Crippen LogP contribution >= 0.6 is 0 Å². The molecule has 218 valence electrons. The van der Waals surface area contributed by atoms with Gasteiger partial charge in [-0.15, -0.1) is 0 Å². The first-order valence-electron chi connectivity index (χ1n) is 16.6. The van der Waals surface area contributed by atoms with Gasteiger partial charge >= 0.3 is 161 Å². The van der Waals surface area contributed by atoms with Gasteiger partial charge in [-0.2, -0.15) is 0 Å². The van der Waals surface area contributed by atoms with Crippen molar-refractivity contribution in [2.75, 3.05) is 26.4 Å². The van der Waals surface area contributed by atoms with Crippen LogP contribution in [-0.4, -0.2) is 40.9 Å². The van der Waals surface area contributed by atoms with Crippen LogP contribution in [0.4, 0.5) is 0 Å². The maximum absolute atomic E-state index is 5.96. The molecular formula is C34H64O2Se. The van der Waals surface area contributed by atoms with Crippen LogP contribution < -0.4 is 0 Å². The van der Waals surface area contributed by atoms with Gasteiger partial charge in [0, 0.05) is 0 Å². The van der Waals surface area contributed by atoms with E-state index in [0.717, 1.165) is 39.3 Å². The molecule has 0 atom stereocenters. The Morgan fingerprint density at radius 2 is 0.703 bits per heavy atom. The summed E-state index contributed by atoms with van der Waals surface area (Å²) in [6, 6.07) is 0. The average molecular weight is 584 g/mol. The molecule has 0 N–H and O–H groups in total. The average Bonchev–Trinajstić information content (AvgIpc) is 3.36. The molecule has 0 aliphatic rings. The molecule has 0 aliphatic heterocycles. The van der Waals surface area contributed by atoms with Crippen molar-refractivity contribution in [2.24, 2.45) is 0 Å². The molecule has 3 heteroatoms. The van der Waals surface area contributed by atoms with Crippen molar-refractivity contribution in [3.05, 3.63) is 21.0 Å². The third kappa shape index (κ3) is 23.5. The van der Waals surface area contributed by atoms with Crippen molar-refractivity contribution in [3.63, 3.8) is 0 Å². The van der Waals surface area contributed by atoms with Crippen molar-refractivity contribution in [3.8, 4) is 0 Å². The Hall–Kier alpha value is -0.0805. The fourth-order valence-corrected chi connectivity index (χ4v) is 7.06. The number of ether oxygens (including phenoxy) is 2. The van der Waals surface area contributed by atoms with Crippen molar-refractivity contribution >= 4 is 14.5 Å². The Balaban J connectivity index is 1.85. The van der Waals surface area contributed by atoms with Crippen LogP contribution in [0.5, 0.6) is 0 Å². The third-order valence-corrected chi connectivity index (χ3v) is 9.41. The third-order valence-electron chi connectivity index (χ3n) is 7.65. The second-order valence-corrected chi connectivity index (χ2v) is 12.8. The monoisotopic (exact) mass is 584 g/mol. The summed E-state index contributed by atoms with van der Waals surface area (Å²) in [4.78, 5) is 4.91. The first-order valence-corrected chi connectivity index (χ1v) is 18.6. The standard InChI is InChI=1S/C34H64O2Se/c1-3-5-7-9-11-13-15-17-19-21-23-27-35-29-25-33-31-37-32-34(33)26-30-36-28-24-22-20-18-16-14-12-10-8-6-4-2/h31-32H,3-30H2,1-2H3. The maximum atomic E-state index is 5.96. The van der Waals surface area contributed by atoms with E-state index in [1.165, 1.54) is 152 Å². The molecule has 0 fully saturated rings. The van der Waals surface area contributed by atoms with Gasteiger partial charge in [-0.05, 0) is 0 Å². The van der Waals surface area contributed by atoms with Gasteiger partial charge in [0.2, 0.25) is 0 Å². The molecule has 0 radical (unpaired) electrons. The summed E-state index contributed by atoms with van der Waals surface area (Å²) in [5.74, 6) is 0. The topological polar surface area (TPSA) is 18.5 Å². The summed E-state index contributed by atoms with van der Waals surface area (Å²) in [5, 5.41) is 0. The molecular weight excluding hydrogens is 519 g/mol. The van der Waals surface area contributed by atoms with Crippen LogP contribution in [0, 0.1) is 0 Å². The summed E-state index contributed by atoms with van der Waals surface area (Å²) < 4.78 is 11.9. The van der Waals surface area contributed by atoms with Gasteiger partial charge in [0.25, 0.3) is 0 Å². The van der Waals surface area contributed by atoms with Crippen LogP contribution in [0.3, 0.4) is 0 Å². The van der Waals surface area contributed by atoms with E-state index in [2.05, 4.69) is 23.7 Å². The Bertz CT molecular complexity index is 509. The van der Waals surface area contributed by atoms with E-state index in [-0.39, 0.29) is 0 Å². The zero-order chi connectivity index (χ0) is 26.5. The van der Waals surface area contributed by atoms with Gasteiger partial charge in [0.15, 0.2) is 0 Å². The molecule has 0 spiro atoms. The first-order chi connectivity index (χ1) is 18.4. The second kappa shape index (κ2) is 28.9. The predicted molar refractivity (Wildman–Crippen MR) is 165 cm³/mol. The summed E-state index contributed by atoms with van der Waals surface area (Å²) >= 11 is 0.552. The zero-order valence-electron chi connectivity index (χ0n) is 25.2. The van der Waals surface area contributed by atoms with E-state index in [1.807, 2.05) is 0 Å². The Morgan fingerprint density at radius 1 is 0.405 bits per heavy atom. The minimum Gasteiger partial charge on any atom is -0.0654 e. The molecule has 1 aromatic rings. The fourth-order valence-electron chi connectivity index (χ4n) is 5.09. The van der Waals surface area contributed by atoms with Crippen LogP contribution in [0.25, 0.3) is 0 Å². The number of hydrogen-bond donors (Lipinski definition) is 0. The van der Waals surface area contributed by atoms with Crippen LogP contribution in [-0.2, 0) is 22.3 Å². The molecule has 0 amide bonds. The number of unbranched alkanes of at least 4 members (excludes halogenated alkanes) is 20. The van der Waals surface area contributed by atoms with E-state index in [9.17, 15) is 0 Å². The van der Waals surface area contributed by atoms with Crippen molar-refractivity contribution in [1.29, 1.82) is 0 Å². The van der Waals surface area contributed by atoms with Gasteiger partial charge in [-0.3, -0.25) is 0 Å². The Labute approximate surface area is 238 Å². The Morgan fingerprint density at radius 3 is 1.03 bits per heavy atom. The molecule has 2 nitrogen and oxygen atoms in total. The molecule has 0 unspecified atom stereocenters. The molecule has 0 aromatic carbocycles. The van der Waals surface area contributed by atoms with E-state index < -0.39 is 0 Å². The summed E-state index contributed by atoms with van der Waals surface area (Å²) in [5.41, 5.74) is 3.08. The van der Waals surface area contributed by atoms with E-state index in [4.69, 9.17) is 9.47 Å². The molecule has 0 bridgehead atoms. The van der Waals surface area contributed by atoms with Crippen molar-refractivity contribution < 1.29 is 9.47 Å². The van der Waals surface area contributed by atoms with Gasteiger partial charge in [0.05, 0.1) is 0 Å². The van der Waals surface area contributed by atoms with Crippen molar-refractivity contribution in [2.45, 2.75) is 168 Å². The molecule has 1 heterocycles. The van der Waals surface area contributed by atoms with Crippen LogP contribution in [0.1, 0.15) is 166 Å². The minimum absolute atomic E-state index is 0.552.